The lowest BCUT2D eigenvalue weighted by Gasteiger charge is -2.26. The lowest BCUT2D eigenvalue weighted by atomic mass is 10.1. The molecule has 0 amide bonds. The Morgan fingerprint density at radius 3 is 2.79 bits per heavy atom. The summed E-state index contributed by atoms with van der Waals surface area (Å²) in [5, 5.41) is 12.5. The van der Waals surface area contributed by atoms with Crippen molar-refractivity contribution in [2.24, 2.45) is 0 Å². The van der Waals surface area contributed by atoms with E-state index in [4.69, 9.17) is 0 Å². The maximum absolute atomic E-state index is 9.17. The number of fused-ring (bicyclic) bond motifs is 1. The Hall–Kier alpha value is -0.630. The van der Waals surface area contributed by atoms with Crippen LogP contribution < -0.4 is 5.32 Å². The summed E-state index contributed by atoms with van der Waals surface area (Å²) in [6, 6.07) is 3.56. The smallest absolute Gasteiger partial charge is 0.0967 e. The summed E-state index contributed by atoms with van der Waals surface area (Å²) in [6.45, 7) is 10.2. The predicted molar refractivity (Wildman–Crippen MR) is 77.9 cm³/mol. The number of hydrogen-bond donors (Lipinski definition) is 1. The van der Waals surface area contributed by atoms with Gasteiger partial charge in [-0.1, -0.05) is 0 Å². The van der Waals surface area contributed by atoms with Crippen LogP contribution in [0.3, 0.4) is 0 Å². The van der Waals surface area contributed by atoms with E-state index in [-0.39, 0.29) is 6.04 Å². The summed E-state index contributed by atoms with van der Waals surface area (Å²) in [6.07, 6.45) is 4.96. The predicted octanol–water partition coefficient (Wildman–Crippen LogP) is 1.44. The summed E-state index contributed by atoms with van der Waals surface area (Å²) in [5.74, 6) is 0. The molecular weight excluding hydrogens is 236 g/mol. The maximum Gasteiger partial charge on any atom is 0.0967 e. The van der Waals surface area contributed by atoms with E-state index in [0.717, 1.165) is 19.0 Å². The van der Waals surface area contributed by atoms with Crippen molar-refractivity contribution in [1.29, 1.82) is 5.26 Å². The van der Waals surface area contributed by atoms with Crippen molar-refractivity contribution in [2.45, 2.75) is 57.7 Å². The van der Waals surface area contributed by atoms with Crippen molar-refractivity contribution in [3.8, 4) is 6.07 Å². The second kappa shape index (κ2) is 7.23. The van der Waals surface area contributed by atoms with Crippen molar-refractivity contribution in [2.75, 3.05) is 32.7 Å². The number of hydrogen-bond acceptors (Lipinski definition) is 4. The van der Waals surface area contributed by atoms with Gasteiger partial charge in [0.15, 0.2) is 0 Å². The lowest BCUT2D eigenvalue weighted by Crippen LogP contribution is -2.40. The van der Waals surface area contributed by atoms with Gasteiger partial charge in [-0.05, 0) is 59.2 Å². The Bertz CT molecular complexity index is 310. The molecule has 2 rings (SSSR count). The molecule has 0 aliphatic carbocycles. The third-order valence-electron chi connectivity index (χ3n) is 4.31. The van der Waals surface area contributed by atoms with Crippen molar-refractivity contribution >= 4 is 0 Å². The van der Waals surface area contributed by atoms with Crippen LogP contribution in [0.5, 0.6) is 0 Å². The van der Waals surface area contributed by atoms with Crippen LogP contribution in [0.2, 0.25) is 0 Å². The largest absolute Gasteiger partial charge is 0.302 e. The van der Waals surface area contributed by atoms with Crippen LogP contribution in [0.25, 0.3) is 0 Å². The van der Waals surface area contributed by atoms with Gasteiger partial charge in [-0.25, -0.2) is 0 Å². The minimum absolute atomic E-state index is 0.00272. The molecule has 1 N–H and O–H groups in total. The first-order chi connectivity index (χ1) is 9.19. The molecule has 2 heterocycles. The Morgan fingerprint density at radius 2 is 2.05 bits per heavy atom. The molecule has 0 saturated carbocycles. The molecule has 4 heteroatoms. The highest BCUT2D eigenvalue weighted by atomic mass is 15.3. The highest BCUT2D eigenvalue weighted by molar-refractivity contribution is 4.92. The SMILES string of the molecule is CC(C)NC(C#N)CCN1CCCN2CCCC2C1. The second-order valence-electron chi connectivity index (χ2n) is 6.28. The van der Waals surface area contributed by atoms with E-state index in [1.54, 1.807) is 0 Å². The summed E-state index contributed by atoms with van der Waals surface area (Å²) >= 11 is 0. The molecule has 2 saturated heterocycles. The number of nitrogens with zero attached hydrogens (tertiary/aromatic N) is 3. The van der Waals surface area contributed by atoms with Gasteiger partial charge in [-0.2, -0.15) is 5.26 Å². The lowest BCUT2D eigenvalue weighted by molar-refractivity contribution is 0.215. The van der Waals surface area contributed by atoms with Crippen LogP contribution in [0.15, 0.2) is 0 Å². The van der Waals surface area contributed by atoms with Gasteiger partial charge in [0.05, 0.1) is 12.1 Å². The molecule has 2 fully saturated rings. The normalized spacial score (nSPS) is 26.9. The first-order valence-electron chi connectivity index (χ1n) is 7.81. The van der Waals surface area contributed by atoms with Crippen LogP contribution in [-0.2, 0) is 0 Å². The van der Waals surface area contributed by atoms with Gasteiger partial charge < -0.3 is 4.90 Å². The van der Waals surface area contributed by atoms with Crippen LogP contribution in [0.1, 0.15) is 39.5 Å². The molecule has 2 aliphatic heterocycles. The fraction of sp³-hybridized carbons (Fsp3) is 0.933. The molecule has 19 heavy (non-hydrogen) atoms. The van der Waals surface area contributed by atoms with E-state index in [9.17, 15) is 5.26 Å². The van der Waals surface area contributed by atoms with E-state index in [2.05, 4.69) is 35.0 Å². The molecule has 2 unspecified atom stereocenters. The Balaban J connectivity index is 1.77. The highest BCUT2D eigenvalue weighted by Gasteiger charge is 2.28. The first kappa shape index (κ1) is 14.8. The molecule has 2 atom stereocenters. The van der Waals surface area contributed by atoms with Gasteiger partial charge >= 0.3 is 0 Å². The third-order valence-corrected chi connectivity index (χ3v) is 4.31. The minimum Gasteiger partial charge on any atom is -0.302 e. The van der Waals surface area contributed by atoms with Crippen molar-refractivity contribution in [3.05, 3.63) is 0 Å². The average molecular weight is 264 g/mol. The fourth-order valence-electron chi connectivity index (χ4n) is 3.39. The summed E-state index contributed by atoms with van der Waals surface area (Å²) in [4.78, 5) is 5.23. The first-order valence-corrected chi connectivity index (χ1v) is 7.81. The maximum atomic E-state index is 9.17. The molecule has 0 radical (unpaired) electrons. The third kappa shape index (κ3) is 4.45. The van der Waals surface area contributed by atoms with Gasteiger partial charge in [0, 0.05) is 25.2 Å². The standard InChI is InChI=1S/C15H28N4/c1-13(2)17-14(11-16)6-10-18-7-4-9-19-8-3-5-15(19)12-18/h13-15,17H,3-10,12H2,1-2H3. The van der Waals surface area contributed by atoms with Crippen LogP contribution in [-0.4, -0.2) is 60.6 Å². The zero-order valence-electron chi connectivity index (χ0n) is 12.4. The quantitative estimate of drug-likeness (QED) is 0.816. The molecule has 0 bridgehead atoms. The summed E-state index contributed by atoms with van der Waals surface area (Å²) < 4.78 is 0. The van der Waals surface area contributed by atoms with Gasteiger partial charge in [-0.3, -0.25) is 10.2 Å². The molecule has 0 spiro atoms. The van der Waals surface area contributed by atoms with Gasteiger partial charge in [0.25, 0.3) is 0 Å². The van der Waals surface area contributed by atoms with Gasteiger partial charge in [0.1, 0.15) is 0 Å². The van der Waals surface area contributed by atoms with E-state index >= 15 is 0 Å². The topological polar surface area (TPSA) is 42.3 Å². The zero-order valence-corrected chi connectivity index (χ0v) is 12.4. The second-order valence-corrected chi connectivity index (χ2v) is 6.28. The summed E-state index contributed by atoms with van der Waals surface area (Å²) in [7, 11) is 0. The number of nitrogens with one attached hydrogen (secondary N) is 1. The minimum atomic E-state index is 0.00272. The Kier molecular flexibility index (Phi) is 5.62. The summed E-state index contributed by atoms with van der Waals surface area (Å²) in [5.41, 5.74) is 0. The van der Waals surface area contributed by atoms with E-state index in [1.165, 1.54) is 45.4 Å². The van der Waals surface area contributed by atoms with E-state index in [0.29, 0.717) is 6.04 Å². The van der Waals surface area contributed by atoms with Gasteiger partial charge in [-0.15, -0.1) is 0 Å². The average Bonchev–Trinajstić information content (AvgIpc) is 2.72. The van der Waals surface area contributed by atoms with Crippen molar-refractivity contribution in [1.82, 2.24) is 15.1 Å². The monoisotopic (exact) mass is 264 g/mol. The molecule has 0 aromatic carbocycles. The molecule has 108 valence electrons. The molecular formula is C15H28N4. The van der Waals surface area contributed by atoms with Crippen molar-refractivity contribution < 1.29 is 0 Å². The van der Waals surface area contributed by atoms with Gasteiger partial charge in [0.2, 0.25) is 0 Å². The Morgan fingerprint density at radius 1 is 1.26 bits per heavy atom. The van der Waals surface area contributed by atoms with Crippen LogP contribution >= 0.6 is 0 Å². The molecule has 4 nitrogen and oxygen atoms in total. The Labute approximate surface area is 117 Å². The fourth-order valence-corrected chi connectivity index (χ4v) is 3.39. The molecule has 0 aromatic rings. The highest BCUT2D eigenvalue weighted by Crippen LogP contribution is 2.21. The van der Waals surface area contributed by atoms with E-state index < -0.39 is 0 Å². The zero-order chi connectivity index (χ0) is 13.7. The van der Waals surface area contributed by atoms with Crippen molar-refractivity contribution in [3.63, 3.8) is 0 Å². The molecule has 2 aliphatic rings. The number of nitriles is 1. The molecule has 0 aromatic heterocycles. The number of rotatable bonds is 5. The van der Waals surface area contributed by atoms with E-state index in [1.807, 2.05) is 0 Å². The van der Waals surface area contributed by atoms with Crippen LogP contribution in [0, 0.1) is 11.3 Å². The van der Waals surface area contributed by atoms with Crippen LogP contribution in [0.4, 0.5) is 0 Å².